The zero-order chi connectivity index (χ0) is 17.8. The van der Waals surface area contributed by atoms with Gasteiger partial charge in [0.15, 0.2) is 0 Å². The Morgan fingerprint density at radius 2 is 1.80 bits per heavy atom. The minimum atomic E-state index is -0.588. The summed E-state index contributed by atoms with van der Waals surface area (Å²) in [6.45, 7) is 0. The van der Waals surface area contributed by atoms with E-state index in [-0.39, 0.29) is 29.0 Å². The van der Waals surface area contributed by atoms with Crippen LogP contribution in [0.15, 0.2) is 42.6 Å². The quantitative estimate of drug-likeness (QED) is 0.877. The van der Waals surface area contributed by atoms with Gasteiger partial charge in [0.05, 0.1) is 11.6 Å². The number of hydrogen-bond donors (Lipinski definition) is 2. The first-order valence-corrected chi connectivity index (χ1v) is 8.37. The molecule has 0 bridgehead atoms. The number of benzene rings is 1. The summed E-state index contributed by atoms with van der Waals surface area (Å²) in [6.07, 6.45) is 5.60. The lowest BCUT2D eigenvalue weighted by molar-refractivity contribution is 0.0914. The number of aromatic nitrogens is 1. The van der Waals surface area contributed by atoms with E-state index in [1.807, 2.05) is 0 Å². The monoisotopic (exact) mass is 341 g/mol. The van der Waals surface area contributed by atoms with Crippen LogP contribution in [0.25, 0.3) is 0 Å². The van der Waals surface area contributed by atoms with Crippen molar-refractivity contribution in [3.8, 4) is 0 Å². The van der Waals surface area contributed by atoms with Gasteiger partial charge >= 0.3 is 0 Å². The Balaban J connectivity index is 1.80. The van der Waals surface area contributed by atoms with Gasteiger partial charge in [-0.3, -0.25) is 14.6 Å². The minimum Gasteiger partial charge on any atom is -0.366 e. The Kier molecular flexibility index (Phi) is 5.07. The van der Waals surface area contributed by atoms with Crippen molar-refractivity contribution in [1.82, 2.24) is 10.3 Å². The van der Waals surface area contributed by atoms with Crippen molar-refractivity contribution in [2.45, 2.75) is 31.7 Å². The van der Waals surface area contributed by atoms with Crippen LogP contribution < -0.4 is 11.1 Å². The fraction of sp³-hybridized carbons (Fsp3) is 0.316. The molecule has 1 atom stereocenters. The number of hydrogen-bond acceptors (Lipinski definition) is 3. The number of rotatable bonds is 5. The fourth-order valence-corrected chi connectivity index (χ4v) is 3.32. The normalized spacial score (nSPS) is 15.7. The molecule has 1 heterocycles. The van der Waals surface area contributed by atoms with Crippen molar-refractivity contribution < 1.29 is 14.0 Å². The SMILES string of the molecule is NC(=O)c1ccc(C(=O)N[C@H](c2ccc(F)cc2)C2CCCC2)nc1. The summed E-state index contributed by atoms with van der Waals surface area (Å²) in [6, 6.07) is 9.00. The van der Waals surface area contributed by atoms with Gasteiger partial charge in [-0.2, -0.15) is 0 Å². The molecule has 25 heavy (non-hydrogen) atoms. The molecule has 5 nitrogen and oxygen atoms in total. The van der Waals surface area contributed by atoms with Crippen LogP contribution in [-0.2, 0) is 0 Å². The van der Waals surface area contributed by atoms with E-state index in [0.717, 1.165) is 31.2 Å². The van der Waals surface area contributed by atoms with E-state index in [1.165, 1.54) is 30.5 Å². The molecule has 1 saturated carbocycles. The van der Waals surface area contributed by atoms with Crippen molar-refractivity contribution in [1.29, 1.82) is 0 Å². The molecule has 2 amide bonds. The lowest BCUT2D eigenvalue weighted by Gasteiger charge is -2.25. The molecule has 1 aromatic carbocycles. The molecular formula is C19H20FN3O2. The van der Waals surface area contributed by atoms with Crippen LogP contribution in [0.3, 0.4) is 0 Å². The molecule has 3 N–H and O–H groups in total. The predicted octanol–water partition coefficient (Wildman–Crippen LogP) is 2.98. The molecule has 2 aromatic rings. The highest BCUT2D eigenvalue weighted by Gasteiger charge is 2.28. The molecule has 1 aliphatic rings. The summed E-state index contributed by atoms with van der Waals surface area (Å²) < 4.78 is 13.2. The Labute approximate surface area is 145 Å². The predicted molar refractivity (Wildman–Crippen MR) is 91.3 cm³/mol. The highest BCUT2D eigenvalue weighted by Crippen LogP contribution is 2.35. The van der Waals surface area contributed by atoms with Crippen LogP contribution in [0.2, 0.25) is 0 Å². The second-order valence-corrected chi connectivity index (χ2v) is 6.34. The van der Waals surface area contributed by atoms with E-state index in [9.17, 15) is 14.0 Å². The van der Waals surface area contributed by atoms with Gasteiger partial charge in [0, 0.05) is 6.20 Å². The number of primary amides is 1. The van der Waals surface area contributed by atoms with E-state index in [2.05, 4.69) is 10.3 Å². The average Bonchev–Trinajstić information content (AvgIpc) is 3.15. The van der Waals surface area contributed by atoms with Crippen LogP contribution in [-0.4, -0.2) is 16.8 Å². The molecule has 0 unspecified atom stereocenters. The van der Waals surface area contributed by atoms with E-state index in [0.29, 0.717) is 5.92 Å². The number of pyridine rings is 1. The van der Waals surface area contributed by atoms with Gasteiger partial charge in [-0.1, -0.05) is 25.0 Å². The van der Waals surface area contributed by atoms with Crippen LogP contribution >= 0.6 is 0 Å². The van der Waals surface area contributed by atoms with Crippen molar-refractivity contribution in [2.75, 3.05) is 0 Å². The molecule has 1 aliphatic carbocycles. The number of nitrogens with one attached hydrogen (secondary N) is 1. The lowest BCUT2D eigenvalue weighted by Crippen LogP contribution is -2.33. The molecule has 0 radical (unpaired) electrons. The van der Waals surface area contributed by atoms with Gasteiger partial charge in [0.2, 0.25) is 5.91 Å². The van der Waals surface area contributed by atoms with E-state index < -0.39 is 5.91 Å². The van der Waals surface area contributed by atoms with Crippen LogP contribution in [0.5, 0.6) is 0 Å². The topological polar surface area (TPSA) is 85.1 Å². The second kappa shape index (κ2) is 7.42. The number of carbonyl (C=O) groups excluding carboxylic acids is 2. The maximum Gasteiger partial charge on any atom is 0.270 e. The Morgan fingerprint density at radius 3 is 2.36 bits per heavy atom. The highest BCUT2D eigenvalue weighted by atomic mass is 19.1. The molecule has 0 aliphatic heterocycles. The van der Waals surface area contributed by atoms with Gasteiger partial charge in [-0.15, -0.1) is 0 Å². The van der Waals surface area contributed by atoms with E-state index in [4.69, 9.17) is 5.73 Å². The summed E-state index contributed by atoms with van der Waals surface area (Å²) in [7, 11) is 0. The van der Waals surface area contributed by atoms with Crippen LogP contribution in [0.4, 0.5) is 4.39 Å². The van der Waals surface area contributed by atoms with Gasteiger partial charge in [-0.25, -0.2) is 4.39 Å². The summed E-state index contributed by atoms with van der Waals surface area (Å²) in [5.41, 5.74) is 6.54. The summed E-state index contributed by atoms with van der Waals surface area (Å²) in [4.78, 5) is 27.7. The Bertz CT molecular complexity index is 753. The first-order chi connectivity index (χ1) is 12.0. The van der Waals surface area contributed by atoms with Gasteiger partial charge in [-0.05, 0) is 48.6 Å². The summed E-state index contributed by atoms with van der Waals surface area (Å²) in [5, 5.41) is 3.02. The van der Waals surface area contributed by atoms with Crippen molar-refractivity contribution in [3.63, 3.8) is 0 Å². The van der Waals surface area contributed by atoms with Crippen molar-refractivity contribution in [3.05, 3.63) is 65.2 Å². The zero-order valence-electron chi connectivity index (χ0n) is 13.7. The van der Waals surface area contributed by atoms with Crippen molar-refractivity contribution >= 4 is 11.8 Å². The van der Waals surface area contributed by atoms with Gasteiger partial charge in [0.25, 0.3) is 5.91 Å². The molecule has 1 aromatic heterocycles. The maximum atomic E-state index is 13.2. The third-order valence-corrected chi connectivity index (χ3v) is 4.67. The Morgan fingerprint density at radius 1 is 1.12 bits per heavy atom. The standard InChI is InChI=1S/C19H20FN3O2/c20-15-8-5-13(6-9-15)17(12-3-1-2-4-12)23-19(25)16-10-7-14(11-22-16)18(21)24/h5-12,17H,1-4H2,(H2,21,24)(H,23,25)/t17-/m0/s1. The smallest absolute Gasteiger partial charge is 0.270 e. The second-order valence-electron chi connectivity index (χ2n) is 6.34. The third kappa shape index (κ3) is 4.02. The highest BCUT2D eigenvalue weighted by molar-refractivity contribution is 5.95. The lowest BCUT2D eigenvalue weighted by atomic mass is 9.91. The molecule has 0 saturated heterocycles. The summed E-state index contributed by atoms with van der Waals surface area (Å²) >= 11 is 0. The summed E-state index contributed by atoms with van der Waals surface area (Å²) in [5.74, 6) is -0.893. The Hall–Kier alpha value is -2.76. The van der Waals surface area contributed by atoms with Gasteiger partial charge < -0.3 is 11.1 Å². The van der Waals surface area contributed by atoms with Crippen LogP contribution in [0, 0.1) is 11.7 Å². The number of nitrogens with two attached hydrogens (primary N) is 1. The average molecular weight is 341 g/mol. The number of amides is 2. The molecular weight excluding hydrogens is 321 g/mol. The number of halogens is 1. The van der Waals surface area contributed by atoms with Crippen molar-refractivity contribution in [2.24, 2.45) is 11.7 Å². The third-order valence-electron chi connectivity index (χ3n) is 4.67. The molecule has 3 rings (SSSR count). The largest absolute Gasteiger partial charge is 0.366 e. The first kappa shape index (κ1) is 17.1. The molecule has 0 spiro atoms. The van der Waals surface area contributed by atoms with Crippen LogP contribution in [0.1, 0.15) is 58.1 Å². The maximum absolute atomic E-state index is 13.2. The fourth-order valence-electron chi connectivity index (χ4n) is 3.32. The number of nitrogens with zero attached hydrogens (tertiary/aromatic N) is 1. The molecule has 6 heteroatoms. The first-order valence-electron chi connectivity index (χ1n) is 8.37. The minimum absolute atomic E-state index is 0.187. The zero-order valence-corrected chi connectivity index (χ0v) is 13.7. The molecule has 130 valence electrons. The number of carbonyl (C=O) groups is 2. The van der Waals surface area contributed by atoms with E-state index >= 15 is 0 Å². The van der Waals surface area contributed by atoms with E-state index in [1.54, 1.807) is 12.1 Å². The van der Waals surface area contributed by atoms with Gasteiger partial charge in [0.1, 0.15) is 11.5 Å². The molecule has 1 fully saturated rings.